The first-order chi connectivity index (χ1) is 18.5. The molecule has 1 amide bonds. The highest BCUT2D eigenvalue weighted by molar-refractivity contribution is 8.01. The zero-order valence-corrected chi connectivity index (χ0v) is 22.6. The van der Waals surface area contributed by atoms with Gasteiger partial charge in [-0.2, -0.15) is 0 Å². The molecule has 196 valence electrons. The van der Waals surface area contributed by atoms with E-state index in [0.29, 0.717) is 17.0 Å². The van der Waals surface area contributed by atoms with Crippen LogP contribution in [0.1, 0.15) is 51.4 Å². The van der Waals surface area contributed by atoms with Gasteiger partial charge < -0.3 is 19.9 Å². The van der Waals surface area contributed by atoms with Gasteiger partial charge in [-0.15, -0.1) is 10.2 Å². The number of hydrogen-bond acceptors (Lipinski definition) is 9. The summed E-state index contributed by atoms with van der Waals surface area (Å²) in [5.74, 6) is 0.561. The van der Waals surface area contributed by atoms with Crippen molar-refractivity contribution in [3.63, 3.8) is 0 Å². The second kappa shape index (κ2) is 12.1. The summed E-state index contributed by atoms with van der Waals surface area (Å²) in [5.41, 5.74) is 3.90. The van der Waals surface area contributed by atoms with Crippen molar-refractivity contribution in [1.29, 1.82) is 0 Å². The molecule has 8 nitrogen and oxygen atoms in total. The molecule has 0 aliphatic carbocycles. The van der Waals surface area contributed by atoms with Crippen molar-refractivity contribution in [3.8, 4) is 0 Å². The van der Waals surface area contributed by atoms with Crippen LogP contribution in [0.5, 0.6) is 0 Å². The molecule has 4 atom stereocenters. The third-order valence-electron chi connectivity index (χ3n) is 6.37. The monoisotopic (exact) mass is 548 g/mol. The SMILES string of the molecule is Cc1nnc(SC[C@H]2O[C@@H](c3ccc(NC(=O)c4cccnc4)cc3)O[C@@H](c3ccc(CO)cc3)[C@H]2C)s1. The molecule has 38 heavy (non-hydrogen) atoms. The number of aliphatic hydroxyl groups is 1. The number of amides is 1. The molecule has 10 heteroatoms. The number of pyridine rings is 1. The number of nitrogens with zero attached hydrogens (tertiary/aromatic N) is 3. The molecule has 2 aromatic heterocycles. The van der Waals surface area contributed by atoms with Crippen molar-refractivity contribution >= 4 is 34.7 Å². The normalized spacial score (nSPS) is 21.2. The van der Waals surface area contributed by atoms with Gasteiger partial charge in [-0.1, -0.05) is 66.4 Å². The predicted molar refractivity (Wildman–Crippen MR) is 147 cm³/mol. The number of ether oxygens (including phenoxy) is 2. The Morgan fingerprint density at radius 2 is 1.82 bits per heavy atom. The number of aliphatic hydroxyl groups excluding tert-OH is 1. The fourth-order valence-corrected chi connectivity index (χ4v) is 6.23. The Bertz CT molecular complexity index is 1350. The van der Waals surface area contributed by atoms with Gasteiger partial charge in [0.15, 0.2) is 10.6 Å². The topological polar surface area (TPSA) is 106 Å². The van der Waals surface area contributed by atoms with E-state index >= 15 is 0 Å². The molecule has 2 aromatic carbocycles. The number of aryl methyl sites for hydroxylation is 1. The lowest BCUT2D eigenvalue weighted by Gasteiger charge is -2.41. The number of nitrogens with one attached hydrogen (secondary N) is 1. The highest BCUT2D eigenvalue weighted by atomic mass is 32.2. The highest BCUT2D eigenvalue weighted by Crippen LogP contribution is 2.43. The van der Waals surface area contributed by atoms with E-state index in [4.69, 9.17) is 9.47 Å². The van der Waals surface area contributed by atoms with Crippen molar-refractivity contribution in [2.24, 2.45) is 5.92 Å². The van der Waals surface area contributed by atoms with E-state index in [1.54, 1.807) is 41.4 Å². The van der Waals surface area contributed by atoms with Crippen LogP contribution < -0.4 is 5.32 Å². The minimum atomic E-state index is -0.585. The zero-order valence-electron chi connectivity index (χ0n) is 21.0. The van der Waals surface area contributed by atoms with Gasteiger partial charge in [0.05, 0.1) is 24.4 Å². The number of hydrogen-bond donors (Lipinski definition) is 2. The Labute approximate surface area is 229 Å². The van der Waals surface area contributed by atoms with E-state index in [1.807, 2.05) is 55.5 Å². The summed E-state index contributed by atoms with van der Waals surface area (Å²) in [4.78, 5) is 16.5. The smallest absolute Gasteiger partial charge is 0.257 e. The number of rotatable bonds is 8. The molecule has 1 aliphatic rings. The number of aromatic nitrogens is 3. The molecular formula is C28H28N4O4S2. The van der Waals surface area contributed by atoms with Crippen LogP contribution >= 0.6 is 23.1 Å². The molecule has 4 aromatic rings. The summed E-state index contributed by atoms with van der Waals surface area (Å²) in [7, 11) is 0. The molecule has 0 spiro atoms. The average Bonchev–Trinajstić information content (AvgIpc) is 3.38. The molecule has 0 saturated carbocycles. The van der Waals surface area contributed by atoms with Gasteiger partial charge in [0.2, 0.25) is 0 Å². The van der Waals surface area contributed by atoms with Crippen LogP contribution in [0.3, 0.4) is 0 Å². The maximum atomic E-state index is 12.5. The van der Waals surface area contributed by atoms with E-state index in [1.165, 1.54) is 6.20 Å². The van der Waals surface area contributed by atoms with Crippen LogP contribution in [-0.4, -0.2) is 38.1 Å². The van der Waals surface area contributed by atoms with Crippen molar-refractivity contribution in [2.75, 3.05) is 11.1 Å². The quantitative estimate of drug-likeness (QED) is 0.275. The minimum absolute atomic E-state index is 0.00268. The first kappa shape index (κ1) is 26.5. The fraction of sp³-hybridized carbons (Fsp3) is 0.286. The molecule has 1 aliphatic heterocycles. The largest absolute Gasteiger partial charge is 0.392 e. The van der Waals surface area contributed by atoms with Gasteiger partial charge in [0.25, 0.3) is 5.91 Å². The predicted octanol–water partition coefficient (Wildman–Crippen LogP) is 5.57. The van der Waals surface area contributed by atoms with E-state index in [0.717, 1.165) is 26.0 Å². The Morgan fingerprint density at radius 3 is 2.47 bits per heavy atom. The zero-order chi connectivity index (χ0) is 26.5. The van der Waals surface area contributed by atoms with E-state index < -0.39 is 6.29 Å². The number of carbonyl (C=O) groups is 1. The molecular weight excluding hydrogens is 520 g/mol. The van der Waals surface area contributed by atoms with Gasteiger partial charge in [-0.05, 0) is 42.3 Å². The molecule has 0 unspecified atom stereocenters. The number of anilines is 1. The van der Waals surface area contributed by atoms with Gasteiger partial charge in [0, 0.05) is 35.3 Å². The second-order valence-corrected chi connectivity index (χ2v) is 11.5. The molecule has 2 N–H and O–H groups in total. The first-order valence-corrected chi connectivity index (χ1v) is 14.0. The summed E-state index contributed by atoms with van der Waals surface area (Å²) in [6.45, 7) is 4.08. The maximum absolute atomic E-state index is 12.5. The van der Waals surface area contributed by atoms with Crippen LogP contribution in [0.15, 0.2) is 77.4 Å². The lowest BCUT2D eigenvalue weighted by Crippen LogP contribution is -2.38. The lowest BCUT2D eigenvalue weighted by atomic mass is 9.91. The van der Waals surface area contributed by atoms with Crippen LogP contribution in [0, 0.1) is 12.8 Å². The van der Waals surface area contributed by atoms with E-state index in [-0.39, 0.29) is 30.6 Å². The Kier molecular flexibility index (Phi) is 8.45. The number of benzene rings is 2. The van der Waals surface area contributed by atoms with Crippen molar-refractivity contribution in [1.82, 2.24) is 15.2 Å². The Morgan fingerprint density at radius 1 is 1.05 bits per heavy atom. The van der Waals surface area contributed by atoms with Gasteiger partial charge in [-0.3, -0.25) is 9.78 Å². The van der Waals surface area contributed by atoms with Gasteiger partial charge in [-0.25, -0.2) is 0 Å². The highest BCUT2D eigenvalue weighted by Gasteiger charge is 2.38. The molecule has 0 radical (unpaired) electrons. The molecule has 3 heterocycles. The van der Waals surface area contributed by atoms with E-state index in [9.17, 15) is 9.90 Å². The third-order valence-corrected chi connectivity index (χ3v) is 8.43. The van der Waals surface area contributed by atoms with Crippen molar-refractivity contribution < 1.29 is 19.4 Å². The van der Waals surface area contributed by atoms with Gasteiger partial charge >= 0.3 is 0 Å². The van der Waals surface area contributed by atoms with Crippen molar-refractivity contribution in [2.45, 2.75) is 43.3 Å². The van der Waals surface area contributed by atoms with Crippen LogP contribution in [0.25, 0.3) is 0 Å². The fourth-order valence-electron chi connectivity index (χ4n) is 4.22. The summed E-state index contributed by atoms with van der Waals surface area (Å²) in [6, 6.07) is 18.8. The average molecular weight is 549 g/mol. The Hall–Kier alpha value is -3.15. The second-order valence-electron chi connectivity index (χ2n) is 9.04. The van der Waals surface area contributed by atoms with Crippen LogP contribution in [0.2, 0.25) is 0 Å². The maximum Gasteiger partial charge on any atom is 0.257 e. The molecule has 0 bridgehead atoms. The number of carbonyl (C=O) groups excluding carboxylic acids is 1. The lowest BCUT2D eigenvalue weighted by molar-refractivity contribution is -0.268. The Balaban J connectivity index is 1.34. The van der Waals surface area contributed by atoms with E-state index in [2.05, 4.69) is 27.4 Å². The minimum Gasteiger partial charge on any atom is -0.392 e. The molecule has 1 fully saturated rings. The summed E-state index contributed by atoms with van der Waals surface area (Å²) in [5, 5.41) is 21.6. The van der Waals surface area contributed by atoms with Crippen LogP contribution in [0.4, 0.5) is 5.69 Å². The van der Waals surface area contributed by atoms with Crippen molar-refractivity contribution in [3.05, 3.63) is 100 Å². The molecule has 5 rings (SSSR count). The summed E-state index contributed by atoms with van der Waals surface area (Å²) < 4.78 is 13.9. The first-order valence-electron chi connectivity index (χ1n) is 12.2. The summed E-state index contributed by atoms with van der Waals surface area (Å²) in [6.07, 6.45) is 2.27. The molecule has 1 saturated heterocycles. The summed E-state index contributed by atoms with van der Waals surface area (Å²) >= 11 is 3.21. The third kappa shape index (κ3) is 6.28. The van der Waals surface area contributed by atoms with Gasteiger partial charge in [0.1, 0.15) is 5.01 Å². The number of thioether (sulfide) groups is 1. The van der Waals surface area contributed by atoms with Crippen LogP contribution in [-0.2, 0) is 16.1 Å². The standard InChI is InChI=1S/C28H28N4O4S2/c1-17-24(16-37-28-32-31-18(2)38-28)35-27(36-25(17)20-7-5-19(15-33)6-8-20)21-9-11-23(12-10-21)30-26(34)22-4-3-13-29-14-22/h3-14,17,24-25,27,33H,15-16H2,1-2H3,(H,30,34)/t17-,24+,25+,27+/m0/s1.